The van der Waals surface area contributed by atoms with Gasteiger partial charge in [-0.15, -0.1) is 0 Å². The predicted octanol–water partition coefficient (Wildman–Crippen LogP) is 3.17. The zero-order valence-electron chi connectivity index (χ0n) is 15.4. The maximum Gasteiger partial charge on any atom is 0.227 e. The fourth-order valence-corrected chi connectivity index (χ4v) is 3.51. The first kappa shape index (κ1) is 16.7. The first-order valence-electron chi connectivity index (χ1n) is 9.44. The Balaban J connectivity index is 1.39. The van der Waals surface area contributed by atoms with Gasteiger partial charge in [-0.3, -0.25) is 0 Å². The van der Waals surface area contributed by atoms with Gasteiger partial charge < -0.3 is 20.5 Å². The SMILES string of the molecule is c1cc(Nc2nccc(-c3ccc4nc[nH]c4c3)n2)cc(N2CCNCC2)c1. The molecule has 0 spiro atoms. The summed E-state index contributed by atoms with van der Waals surface area (Å²) in [6.45, 7) is 4.07. The number of rotatable bonds is 4. The Morgan fingerprint density at radius 2 is 1.89 bits per heavy atom. The zero-order chi connectivity index (χ0) is 18.8. The van der Waals surface area contributed by atoms with Crippen molar-refractivity contribution in [2.75, 3.05) is 36.4 Å². The van der Waals surface area contributed by atoms with Crippen molar-refractivity contribution >= 4 is 28.4 Å². The number of hydrogen-bond acceptors (Lipinski definition) is 6. The fourth-order valence-electron chi connectivity index (χ4n) is 3.51. The third kappa shape index (κ3) is 3.39. The van der Waals surface area contributed by atoms with Gasteiger partial charge in [0.25, 0.3) is 0 Å². The predicted molar refractivity (Wildman–Crippen MR) is 112 cm³/mol. The van der Waals surface area contributed by atoms with E-state index in [2.05, 4.69) is 54.8 Å². The van der Waals surface area contributed by atoms with Crippen LogP contribution in [0.25, 0.3) is 22.3 Å². The van der Waals surface area contributed by atoms with Crippen LogP contribution in [0.5, 0.6) is 0 Å². The molecule has 0 radical (unpaired) electrons. The largest absolute Gasteiger partial charge is 0.369 e. The molecule has 2 aromatic heterocycles. The van der Waals surface area contributed by atoms with Crippen molar-refractivity contribution in [2.45, 2.75) is 0 Å². The van der Waals surface area contributed by atoms with Gasteiger partial charge in [0.05, 0.1) is 23.1 Å². The fraction of sp³-hybridized carbons (Fsp3) is 0.190. The molecule has 1 fully saturated rings. The number of anilines is 3. The van der Waals surface area contributed by atoms with Crippen molar-refractivity contribution in [2.24, 2.45) is 0 Å². The van der Waals surface area contributed by atoms with E-state index >= 15 is 0 Å². The van der Waals surface area contributed by atoms with Crippen LogP contribution in [0, 0.1) is 0 Å². The van der Waals surface area contributed by atoms with Crippen LogP contribution in [0.4, 0.5) is 17.3 Å². The number of piperazine rings is 1. The minimum Gasteiger partial charge on any atom is -0.369 e. The van der Waals surface area contributed by atoms with Crippen LogP contribution in [0.1, 0.15) is 0 Å². The highest BCUT2D eigenvalue weighted by molar-refractivity contribution is 5.80. The first-order valence-corrected chi connectivity index (χ1v) is 9.44. The smallest absolute Gasteiger partial charge is 0.227 e. The molecule has 7 heteroatoms. The molecule has 0 aliphatic carbocycles. The standard InChI is InChI=1S/C21H21N7/c1-2-16(13-17(3-1)28-10-8-22-9-11-28)26-21-23-7-6-18(27-21)15-4-5-19-20(12-15)25-14-24-19/h1-7,12-14,22H,8-11H2,(H,24,25)(H,23,26,27). The van der Waals surface area contributed by atoms with Crippen LogP contribution in [0.2, 0.25) is 0 Å². The molecule has 0 atom stereocenters. The Morgan fingerprint density at radius 1 is 0.964 bits per heavy atom. The van der Waals surface area contributed by atoms with Gasteiger partial charge in [0.1, 0.15) is 0 Å². The average molecular weight is 371 g/mol. The lowest BCUT2D eigenvalue weighted by molar-refractivity contribution is 0.589. The van der Waals surface area contributed by atoms with Gasteiger partial charge in [0.2, 0.25) is 5.95 Å². The van der Waals surface area contributed by atoms with E-state index in [1.165, 1.54) is 5.69 Å². The monoisotopic (exact) mass is 371 g/mol. The van der Waals surface area contributed by atoms with Crippen molar-refractivity contribution in [3.8, 4) is 11.3 Å². The van der Waals surface area contributed by atoms with Crippen molar-refractivity contribution in [1.29, 1.82) is 0 Å². The molecule has 3 heterocycles. The van der Waals surface area contributed by atoms with Gasteiger partial charge in [0, 0.05) is 49.3 Å². The zero-order valence-corrected chi connectivity index (χ0v) is 15.4. The molecule has 2 aromatic carbocycles. The van der Waals surface area contributed by atoms with Crippen molar-refractivity contribution < 1.29 is 0 Å². The minimum atomic E-state index is 0.583. The van der Waals surface area contributed by atoms with E-state index in [4.69, 9.17) is 4.98 Å². The molecule has 3 N–H and O–H groups in total. The molecule has 1 aliphatic rings. The summed E-state index contributed by atoms with van der Waals surface area (Å²) in [6, 6.07) is 16.4. The number of aromatic nitrogens is 4. The molecule has 1 aliphatic heterocycles. The van der Waals surface area contributed by atoms with E-state index in [1.807, 2.05) is 24.3 Å². The van der Waals surface area contributed by atoms with E-state index in [1.54, 1.807) is 12.5 Å². The Labute approximate surface area is 162 Å². The van der Waals surface area contributed by atoms with E-state index in [9.17, 15) is 0 Å². The Kier molecular flexibility index (Phi) is 4.34. The van der Waals surface area contributed by atoms with Gasteiger partial charge in [-0.05, 0) is 36.4 Å². The van der Waals surface area contributed by atoms with Gasteiger partial charge >= 0.3 is 0 Å². The second kappa shape index (κ2) is 7.28. The van der Waals surface area contributed by atoms with E-state index in [0.29, 0.717) is 5.95 Å². The summed E-state index contributed by atoms with van der Waals surface area (Å²) in [5, 5.41) is 6.73. The molecule has 4 aromatic rings. The van der Waals surface area contributed by atoms with E-state index < -0.39 is 0 Å². The van der Waals surface area contributed by atoms with Crippen LogP contribution in [-0.4, -0.2) is 46.1 Å². The van der Waals surface area contributed by atoms with Crippen LogP contribution < -0.4 is 15.5 Å². The van der Waals surface area contributed by atoms with Crippen molar-refractivity contribution in [3.05, 3.63) is 61.1 Å². The van der Waals surface area contributed by atoms with Gasteiger partial charge in [-0.1, -0.05) is 12.1 Å². The Hall–Kier alpha value is -3.45. The molecule has 0 amide bonds. The molecule has 0 unspecified atom stereocenters. The number of hydrogen-bond donors (Lipinski definition) is 3. The Bertz CT molecular complexity index is 1100. The van der Waals surface area contributed by atoms with Crippen LogP contribution in [0.15, 0.2) is 61.1 Å². The maximum atomic E-state index is 4.69. The number of nitrogens with one attached hydrogen (secondary N) is 3. The summed E-state index contributed by atoms with van der Waals surface area (Å²) in [7, 11) is 0. The number of H-pyrrole nitrogens is 1. The topological polar surface area (TPSA) is 81.8 Å². The highest BCUT2D eigenvalue weighted by Crippen LogP contribution is 2.24. The first-order chi connectivity index (χ1) is 13.8. The lowest BCUT2D eigenvalue weighted by Gasteiger charge is -2.29. The van der Waals surface area contributed by atoms with Gasteiger partial charge in [-0.25, -0.2) is 15.0 Å². The molecule has 0 saturated carbocycles. The number of imidazole rings is 1. The Morgan fingerprint density at radius 3 is 2.82 bits per heavy atom. The molecule has 28 heavy (non-hydrogen) atoms. The normalized spacial score (nSPS) is 14.4. The number of nitrogens with zero attached hydrogens (tertiary/aromatic N) is 4. The number of aromatic amines is 1. The summed E-state index contributed by atoms with van der Waals surface area (Å²) in [6.07, 6.45) is 3.48. The number of fused-ring (bicyclic) bond motifs is 1. The summed E-state index contributed by atoms with van der Waals surface area (Å²) >= 11 is 0. The molecule has 1 saturated heterocycles. The highest BCUT2D eigenvalue weighted by Gasteiger charge is 2.11. The summed E-state index contributed by atoms with van der Waals surface area (Å²) in [5.41, 5.74) is 6.03. The average Bonchev–Trinajstić information content (AvgIpc) is 3.23. The molecule has 140 valence electrons. The van der Waals surface area contributed by atoms with Gasteiger partial charge in [-0.2, -0.15) is 0 Å². The third-order valence-corrected chi connectivity index (χ3v) is 4.96. The lowest BCUT2D eigenvalue weighted by Crippen LogP contribution is -2.43. The number of benzene rings is 2. The highest BCUT2D eigenvalue weighted by atomic mass is 15.2. The van der Waals surface area contributed by atoms with Crippen molar-refractivity contribution in [3.63, 3.8) is 0 Å². The quantitative estimate of drug-likeness (QED) is 0.511. The molecule has 0 bridgehead atoms. The van der Waals surface area contributed by atoms with Crippen LogP contribution >= 0.6 is 0 Å². The van der Waals surface area contributed by atoms with Crippen molar-refractivity contribution in [1.82, 2.24) is 25.3 Å². The van der Waals surface area contributed by atoms with Crippen LogP contribution in [-0.2, 0) is 0 Å². The van der Waals surface area contributed by atoms with E-state index in [-0.39, 0.29) is 0 Å². The molecular formula is C21H21N7. The minimum absolute atomic E-state index is 0.583. The van der Waals surface area contributed by atoms with Gasteiger partial charge in [0.15, 0.2) is 0 Å². The third-order valence-electron chi connectivity index (χ3n) is 4.96. The molecule has 7 nitrogen and oxygen atoms in total. The second-order valence-corrected chi connectivity index (χ2v) is 6.81. The lowest BCUT2D eigenvalue weighted by atomic mass is 10.1. The summed E-state index contributed by atoms with van der Waals surface area (Å²) < 4.78 is 0. The summed E-state index contributed by atoms with van der Waals surface area (Å²) in [4.78, 5) is 18.9. The maximum absolute atomic E-state index is 4.69. The molecular weight excluding hydrogens is 350 g/mol. The molecule has 5 rings (SSSR count). The van der Waals surface area contributed by atoms with Crippen LogP contribution in [0.3, 0.4) is 0 Å². The van der Waals surface area contributed by atoms with E-state index in [0.717, 1.165) is 54.2 Å². The summed E-state index contributed by atoms with van der Waals surface area (Å²) in [5.74, 6) is 0.583. The second-order valence-electron chi connectivity index (χ2n) is 6.81.